The van der Waals surface area contributed by atoms with Crippen molar-refractivity contribution in [2.45, 2.75) is 70.6 Å². The molecule has 2 bridgehead atoms. The number of ketones is 1. The third-order valence-corrected chi connectivity index (χ3v) is 8.76. The van der Waals surface area contributed by atoms with Crippen LogP contribution >= 0.6 is 0 Å². The number of hydrogen-bond acceptors (Lipinski definition) is 5. The summed E-state index contributed by atoms with van der Waals surface area (Å²) < 4.78 is 5.88. The fourth-order valence-electron chi connectivity index (χ4n) is 7.16. The van der Waals surface area contributed by atoms with Crippen molar-refractivity contribution in [1.82, 2.24) is 0 Å². The van der Waals surface area contributed by atoms with E-state index in [1.54, 1.807) is 19.9 Å². The zero-order valence-corrected chi connectivity index (χ0v) is 15.5. The van der Waals surface area contributed by atoms with Crippen LogP contribution in [0.15, 0.2) is 11.6 Å². The Hall–Kier alpha value is -0.750. The molecule has 0 amide bonds. The van der Waals surface area contributed by atoms with Gasteiger partial charge in [-0.15, -0.1) is 0 Å². The number of ether oxygens (including phenoxy) is 1. The number of carbonyl (C=O) groups excluding carboxylic acids is 1. The summed E-state index contributed by atoms with van der Waals surface area (Å²) in [7, 11) is 0. The summed E-state index contributed by atoms with van der Waals surface area (Å²) >= 11 is 0. The Kier molecular flexibility index (Phi) is 2.67. The molecule has 1 heterocycles. The first-order valence-corrected chi connectivity index (χ1v) is 9.45. The summed E-state index contributed by atoms with van der Waals surface area (Å²) in [5.74, 6) is 0.117. The van der Waals surface area contributed by atoms with E-state index in [4.69, 9.17) is 4.74 Å². The van der Waals surface area contributed by atoms with E-state index in [0.717, 1.165) is 6.42 Å². The highest BCUT2D eigenvalue weighted by atomic mass is 16.6. The maximum atomic E-state index is 13.9. The van der Waals surface area contributed by atoms with Gasteiger partial charge in [-0.1, -0.05) is 26.8 Å². The molecule has 5 nitrogen and oxygen atoms in total. The molecule has 3 N–H and O–H groups in total. The first-order chi connectivity index (χ1) is 11.5. The molecule has 0 aromatic heterocycles. The molecule has 0 radical (unpaired) electrons. The van der Waals surface area contributed by atoms with Crippen molar-refractivity contribution in [2.24, 2.45) is 34.5 Å². The van der Waals surface area contributed by atoms with Crippen LogP contribution < -0.4 is 0 Å². The lowest BCUT2D eigenvalue weighted by atomic mass is 9.59. The average Bonchev–Trinajstić information content (AvgIpc) is 3.35. The Balaban J connectivity index is 1.79. The van der Waals surface area contributed by atoms with Gasteiger partial charge >= 0.3 is 0 Å². The molecule has 3 saturated carbocycles. The molecule has 0 aromatic carbocycles. The fraction of sp³-hybridized carbons (Fsp3) is 0.850. The smallest absolute Gasteiger partial charge is 0.152 e. The predicted octanol–water partition coefficient (Wildman–Crippen LogP) is 1.05. The first kappa shape index (κ1) is 16.4. The second-order valence-corrected chi connectivity index (χ2v) is 10.1. The molecule has 1 saturated heterocycles. The number of aliphatic hydroxyl groups is 3. The fourth-order valence-corrected chi connectivity index (χ4v) is 7.16. The molecule has 10 atom stereocenters. The van der Waals surface area contributed by atoms with Crippen LogP contribution in [0, 0.1) is 34.5 Å². The average molecular weight is 348 g/mol. The van der Waals surface area contributed by atoms with E-state index >= 15 is 0 Å². The van der Waals surface area contributed by atoms with Crippen LogP contribution in [0.3, 0.4) is 0 Å². The lowest BCUT2D eigenvalue weighted by Crippen LogP contribution is -2.67. The van der Waals surface area contributed by atoms with Crippen molar-refractivity contribution in [2.75, 3.05) is 0 Å². The van der Waals surface area contributed by atoms with Gasteiger partial charge in [-0.25, -0.2) is 0 Å². The highest BCUT2D eigenvalue weighted by molar-refractivity contribution is 5.95. The molecule has 25 heavy (non-hydrogen) atoms. The van der Waals surface area contributed by atoms with Gasteiger partial charge in [-0.05, 0) is 49.0 Å². The minimum absolute atomic E-state index is 0.0400. The number of epoxide rings is 1. The maximum Gasteiger partial charge on any atom is 0.152 e. The number of fused-ring (bicyclic) bond motifs is 5. The highest BCUT2D eigenvalue weighted by Gasteiger charge is 2.84. The van der Waals surface area contributed by atoms with Gasteiger partial charge < -0.3 is 20.1 Å². The normalized spacial score (nSPS) is 63.6. The second kappa shape index (κ2) is 4.06. The third-order valence-electron chi connectivity index (χ3n) is 8.76. The van der Waals surface area contributed by atoms with E-state index < -0.39 is 28.8 Å². The largest absolute Gasteiger partial charge is 0.387 e. The Morgan fingerprint density at radius 1 is 1.24 bits per heavy atom. The van der Waals surface area contributed by atoms with Gasteiger partial charge in [-0.2, -0.15) is 0 Å². The quantitative estimate of drug-likeness (QED) is 0.450. The molecule has 1 spiro atoms. The topological polar surface area (TPSA) is 90.3 Å². The monoisotopic (exact) mass is 348 g/mol. The Morgan fingerprint density at radius 3 is 2.52 bits per heavy atom. The number of Topliss-reactive ketones (excluding diaryl/α,β-unsaturated/α-hetero) is 1. The molecule has 5 unspecified atom stereocenters. The van der Waals surface area contributed by atoms with E-state index in [1.807, 2.05) is 6.92 Å². The van der Waals surface area contributed by atoms with Crippen molar-refractivity contribution in [1.29, 1.82) is 0 Å². The Morgan fingerprint density at radius 2 is 1.88 bits per heavy atom. The summed E-state index contributed by atoms with van der Waals surface area (Å²) in [6.45, 7) is 9.91. The zero-order chi connectivity index (χ0) is 18.3. The molecule has 1 aliphatic heterocycles. The molecular weight excluding hydrogens is 320 g/mol. The summed E-state index contributed by atoms with van der Waals surface area (Å²) in [6.07, 6.45) is -0.344. The van der Waals surface area contributed by atoms with Gasteiger partial charge in [0.25, 0.3) is 0 Å². The van der Waals surface area contributed by atoms with Gasteiger partial charge in [0.1, 0.15) is 23.4 Å². The molecule has 5 rings (SSSR count). The van der Waals surface area contributed by atoms with Gasteiger partial charge in [0.05, 0.1) is 17.4 Å². The van der Waals surface area contributed by atoms with E-state index in [-0.39, 0.29) is 35.1 Å². The predicted molar refractivity (Wildman–Crippen MR) is 89.5 cm³/mol. The molecular formula is C20H28O5. The van der Waals surface area contributed by atoms with Crippen molar-refractivity contribution in [3.8, 4) is 0 Å². The summed E-state index contributed by atoms with van der Waals surface area (Å²) in [6, 6.07) is 0. The summed E-state index contributed by atoms with van der Waals surface area (Å²) in [5, 5.41) is 33.7. The second-order valence-electron chi connectivity index (χ2n) is 10.1. The highest BCUT2D eigenvalue weighted by Crippen LogP contribution is 2.75. The Labute approximate surface area is 148 Å². The van der Waals surface area contributed by atoms with Gasteiger partial charge in [0, 0.05) is 0 Å². The van der Waals surface area contributed by atoms with Crippen LogP contribution in [0.2, 0.25) is 0 Å². The van der Waals surface area contributed by atoms with Crippen molar-refractivity contribution < 1.29 is 24.9 Å². The van der Waals surface area contributed by atoms with Crippen LogP contribution in [0.5, 0.6) is 0 Å². The van der Waals surface area contributed by atoms with Crippen LogP contribution in [-0.2, 0) is 9.53 Å². The lowest BCUT2D eigenvalue weighted by molar-refractivity contribution is -0.208. The third kappa shape index (κ3) is 1.41. The van der Waals surface area contributed by atoms with Crippen LogP contribution in [-0.4, -0.2) is 50.6 Å². The SMILES string of the molecule is CC1=CC23C(=O)[C@@H](C4OC4(C)[C@@H](O)[C@]2(O)[C@H]1O)[C@H]1C(CC3C)C1(C)C. The number of aliphatic hydroxyl groups excluding tert-OH is 2. The number of carbonyl (C=O) groups is 1. The van der Waals surface area contributed by atoms with E-state index in [9.17, 15) is 20.1 Å². The first-order valence-electron chi connectivity index (χ1n) is 9.45. The molecule has 5 heteroatoms. The van der Waals surface area contributed by atoms with Crippen molar-refractivity contribution in [3.63, 3.8) is 0 Å². The van der Waals surface area contributed by atoms with Crippen LogP contribution in [0.4, 0.5) is 0 Å². The van der Waals surface area contributed by atoms with Crippen molar-refractivity contribution in [3.05, 3.63) is 11.6 Å². The van der Waals surface area contributed by atoms with Gasteiger partial charge in [0.2, 0.25) is 0 Å². The molecule has 138 valence electrons. The lowest BCUT2D eigenvalue weighted by Gasteiger charge is -2.48. The van der Waals surface area contributed by atoms with Crippen LogP contribution in [0.25, 0.3) is 0 Å². The molecule has 4 aliphatic carbocycles. The van der Waals surface area contributed by atoms with Crippen molar-refractivity contribution >= 4 is 5.78 Å². The zero-order valence-electron chi connectivity index (χ0n) is 15.5. The van der Waals surface area contributed by atoms with E-state index in [1.165, 1.54) is 0 Å². The number of rotatable bonds is 0. The maximum absolute atomic E-state index is 13.9. The minimum Gasteiger partial charge on any atom is -0.387 e. The van der Waals surface area contributed by atoms with E-state index in [2.05, 4.69) is 13.8 Å². The summed E-state index contributed by atoms with van der Waals surface area (Å²) in [4.78, 5) is 13.9. The molecule has 0 aromatic rings. The Bertz CT molecular complexity index is 728. The summed E-state index contributed by atoms with van der Waals surface area (Å²) in [5.41, 5.74) is -3.49. The van der Waals surface area contributed by atoms with Gasteiger partial charge in [-0.3, -0.25) is 4.79 Å². The number of hydrogen-bond donors (Lipinski definition) is 3. The standard InChI is InChI=1S/C20H28O5/c1-8-7-19-9(2)6-10-12(17(10,3)4)11(14(19)22)15-18(5,25-15)16(23)20(19,24)13(8)21/h7,9-13,15-16,21,23-24H,6H2,1-5H3/t9?,10?,11-,12+,13-,15?,16+,18?,19?,20+/m0/s1. The van der Waals surface area contributed by atoms with Gasteiger partial charge in [0.15, 0.2) is 5.78 Å². The molecule has 4 fully saturated rings. The minimum atomic E-state index is -1.92. The van der Waals surface area contributed by atoms with Crippen LogP contribution in [0.1, 0.15) is 41.0 Å². The van der Waals surface area contributed by atoms with E-state index in [0.29, 0.717) is 11.5 Å². The molecule has 5 aliphatic rings.